The lowest BCUT2D eigenvalue weighted by Gasteiger charge is -2.27. The summed E-state index contributed by atoms with van der Waals surface area (Å²) < 4.78 is 17.7. The van der Waals surface area contributed by atoms with Gasteiger partial charge in [0.05, 0.1) is 33.4 Å². The average molecular weight is 428 g/mol. The third kappa shape index (κ3) is 5.12. The first-order chi connectivity index (χ1) is 15.0. The largest absolute Gasteiger partial charge is 0.497 e. The van der Waals surface area contributed by atoms with Gasteiger partial charge in [-0.2, -0.15) is 0 Å². The molecular weight excluding hydrogens is 394 g/mol. The van der Waals surface area contributed by atoms with Crippen LogP contribution >= 0.6 is 0 Å². The SMILES string of the molecule is CCCC1CCC(C(=O)c2cc(OC)c(OC)n(Cc3ccc(OC)cc3)c2=O)CC1. The van der Waals surface area contributed by atoms with E-state index in [0.717, 1.165) is 37.0 Å². The zero-order chi connectivity index (χ0) is 22.4. The lowest BCUT2D eigenvalue weighted by atomic mass is 9.77. The Balaban J connectivity index is 1.93. The van der Waals surface area contributed by atoms with Crippen LogP contribution in [0.25, 0.3) is 0 Å². The summed E-state index contributed by atoms with van der Waals surface area (Å²) in [5, 5.41) is 0. The number of pyridine rings is 1. The average Bonchev–Trinajstić information content (AvgIpc) is 2.81. The Morgan fingerprint density at radius 1 is 1.00 bits per heavy atom. The molecule has 6 heteroatoms. The summed E-state index contributed by atoms with van der Waals surface area (Å²) in [6.07, 6.45) is 6.18. The number of aromatic nitrogens is 1. The van der Waals surface area contributed by atoms with Crippen molar-refractivity contribution in [2.24, 2.45) is 11.8 Å². The highest BCUT2D eigenvalue weighted by atomic mass is 16.5. The number of carbonyl (C=O) groups is 1. The molecule has 0 saturated heterocycles. The van der Waals surface area contributed by atoms with Gasteiger partial charge in [0.2, 0.25) is 5.88 Å². The fourth-order valence-electron chi connectivity index (χ4n) is 4.56. The number of nitrogens with zero attached hydrogens (tertiary/aromatic N) is 1. The van der Waals surface area contributed by atoms with Crippen LogP contribution in [0, 0.1) is 11.8 Å². The van der Waals surface area contributed by atoms with E-state index < -0.39 is 0 Å². The van der Waals surface area contributed by atoms with Gasteiger partial charge in [-0.25, -0.2) is 0 Å². The van der Waals surface area contributed by atoms with Crippen molar-refractivity contribution in [3.8, 4) is 17.4 Å². The van der Waals surface area contributed by atoms with Crippen molar-refractivity contribution in [3.05, 3.63) is 51.8 Å². The number of Topliss-reactive ketones (excluding diaryl/α,β-unsaturated/α-hetero) is 1. The number of carbonyl (C=O) groups excluding carboxylic acids is 1. The van der Waals surface area contributed by atoms with Gasteiger partial charge in [0.15, 0.2) is 11.5 Å². The van der Waals surface area contributed by atoms with E-state index in [9.17, 15) is 9.59 Å². The van der Waals surface area contributed by atoms with Gasteiger partial charge in [-0.1, -0.05) is 31.9 Å². The summed E-state index contributed by atoms with van der Waals surface area (Å²) in [4.78, 5) is 26.7. The van der Waals surface area contributed by atoms with Crippen LogP contribution in [0.4, 0.5) is 0 Å². The highest BCUT2D eigenvalue weighted by Gasteiger charge is 2.30. The van der Waals surface area contributed by atoms with Crippen molar-refractivity contribution < 1.29 is 19.0 Å². The second-order valence-corrected chi connectivity index (χ2v) is 8.25. The molecule has 0 unspecified atom stereocenters. The van der Waals surface area contributed by atoms with Crippen molar-refractivity contribution in [1.82, 2.24) is 4.57 Å². The Morgan fingerprint density at radius 3 is 2.23 bits per heavy atom. The Morgan fingerprint density at radius 2 is 1.68 bits per heavy atom. The number of methoxy groups -OCH3 is 3. The molecule has 1 fully saturated rings. The molecule has 0 spiro atoms. The summed E-state index contributed by atoms with van der Waals surface area (Å²) in [6.45, 7) is 2.47. The topological polar surface area (TPSA) is 66.8 Å². The smallest absolute Gasteiger partial charge is 0.264 e. The van der Waals surface area contributed by atoms with Crippen LogP contribution in [0.15, 0.2) is 35.1 Å². The predicted molar refractivity (Wildman–Crippen MR) is 121 cm³/mol. The second-order valence-electron chi connectivity index (χ2n) is 8.25. The van der Waals surface area contributed by atoms with Gasteiger partial charge in [0.25, 0.3) is 5.56 Å². The van der Waals surface area contributed by atoms with Crippen molar-refractivity contribution in [2.45, 2.75) is 52.0 Å². The molecule has 3 rings (SSSR count). The molecule has 0 atom stereocenters. The Labute approximate surface area is 184 Å². The molecule has 0 N–H and O–H groups in total. The normalized spacial score (nSPS) is 18.5. The van der Waals surface area contributed by atoms with Crippen LogP contribution in [0.1, 0.15) is 61.4 Å². The van der Waals surface area contributed by atoms with E-state index in [-0.39, 0.29) is 29.4 Å². The molecule has 168 valence electrons. The second kappa shape index (κ2) is 10.5. The van der Waals surface area contributed by atoms with Gasteiger partial charge in [-0.3, -0.25) is 14.2 Å². The number of benzene rings is 1. The first-order valence-electron chi connectivity index (χ1n) is 11.0. The Hall–Kier alpha value is -2.76. The van der Waals surface area contributed by atoms with Gasteiger partial charge in [0.1, 0.15) is 5.75 Å². The Bertz CT molecular complexity index is 940. The van der Waals surface area contributed by atoms with E-state index in [1.54, 1.807) is 13.2 Å². The maximum atomic E-state index is 13.4. The number of ether oxygens (including phenoxy) is 3. The summed E-state index contributed by atoms with van der Waals surface area (Å²) in [5.41, 5.74) is 0.743. The molecule has 1 heterocycles. The molecule has 1 aromatic heterocycles. The van der Waals surface area contributed by atoms with Crippen molar-refractivity contribution >= 4 is 5.78 Å². The monoisotopic (exact) mass is 427 g/mol. The third-order valence-electron chi connectivity index (χ3n) is 6.30. The fraction of sp³-hybridized carbons (Fsp3) is 0.520. The summed E-state index contributed by atoms with van der Waals surface area (Å²) >= 11 is 0. The molecule has 0 bridgehead atoms. The number of rotatable bonds is 9. The molecule has 0 aliphatic heterocycles. The lowest BCUT2D eigenvalue weighted by Crippen LogP contribution is -2.32. The maximum Gasteiger partial charge on any atom is 0.264 e. The number of hydrogen-bond donors (Lipinski definition) is 0. The van der Waals surface area contributed by atoms with Crippen LogP contribution in [0.3, 0.4) is 0 Å². The maximum absolute atomic E-state index is 13.4. The van der Waals surface area contributed by atoms with Gasteiger partial charge in [0, 0.05) is 12.0 Å². The van der Waals surface area contributed by atoms with Gasteiger partial charge in [-0.05, 0) is 49.3 Å². The minimum absolute atomic E-state index is 0.0793. The first kappa shape index (κ1) is 22.9. The minimum Gasteiger partial charge on any atom is -0.497 e. The molecular formula is C25H33NO5. The van der Waals surface area contributed by atoms with Crippen LogP contribution in [-0.2, 0) is 6.54 Å². The first-order valence-corrected chi connectivity index (χ1v) is 11.0. The number of ketones is 1. The van der Waals surface area contributed by atoms with E-state index in [1.807, 2.05) is 24.3 Å². The summed E-state index contributed by atoms with van der Waals surface area (Å²) in [6, 6.07) is 9.01. The van der Waals surface area contributed by atoms with Crippen molar-refractivity contribution in [2.75, 3.05) is 21.3 Å². The highest BCUT2D eigenvalue weighted by Crippen LogP contribution is 2.34. The van der Waals surface area contributed by atoms with E-state index in [4.69, 9.17) is 14.2 Å². The molecule has 0 radical (unpaired) electrons. The van der Waals surface area contributed by atoms with Gasteiger partial charge >= 0.3 is 0 Å². The van der Waals surface area contributed by atoms with Crippen LogP contribution < -0.4 is 19.8 Å². The highest BCUT2D eigenvalue weighted by molar-refractivity contribution is 5.98. The molecule has 1 aromatic carbocycles. The third-order valence-corrected chi connectivity index (χ3v) is 6.30. The zero-order valence-electron chi connectivity index (χ0n) is 19.0. The van der Waals surface area contributed by atoms with E-state index >= 15 is 0 Å². The predicted octanol–water partition coefficient (Wildman–Crippen LogP) is 4.71. The Kier molecular flexibility index (Phi) is 7.77. The molecule has 31 heavy (non-hydrogen) atoms. The van der Waals surface area contributed by atoms with E-state index in [1.165, 1.54) is 31.6 Å². The molecule has 1 aliphatic carbocycles. The molecule has 6 nitrogen and oxygen atoms in total. The summed E-state index contributed by atoms with van der Waals surface area (Å²) in [7, 11) is 4.63. The minimum atomic E-state index is -0.339. The van der Waals surface area contributed by atoms with Crippen LogP contribution in [-0.4, -0.2) is 31.7 Å². The molecule has 1 saturated carbocycles. The molecule has 0 amide bonds. The van der Waals surface area contributed by atoms with Gasteiger partial charge < -0.3 is 14.2 Å². The standard InChI is InChI=1S/C25H33NO5/c1-5-6-17-7-11-19(12-8-17)23(27)21-15-22(30-3)25(31-4)26(24(21)28)16-18-9-13-20(29-2)14-10-18/h9-10,13-15,17,19H,5-8,11-12,16H2,1-4H3. The fourth-order valence-corrected chi connectivity index (χ4v) is 4.56. The number of hydrogen-bond acceptors (Lipinski definition) is 5. The van der Waals surface area contributed by atoms with Gasteiger partial charge in [-0.15, -0.1) is 0 Å². The van der Waals surface area contributed by atoms with Crippen LogP contribution in [0.2, 0.25) is 0 Å². The molecule has 1 aliphatic rings. The molecule has 2 aromatic rings. The lowest BCUT2D eigenvalue weighted by molar-refractivity contribution is 0.0867. The quantitative estimate of drug-likeness (QED) is 0.542. The van der Waals surface area contributed by atoms with E-state index in [2.05, 4.69) is 6.92 Å². The van der Waals surface area contributed by atoms with E-state index in [0.29, 0.717) is 17.5 Å². The zero-order valence-corrected chi connectivity index (χ0v) is 19.0. The summed E-state index contributed by atoms with van der Waals surface area (Å²) in [5.74, 6) is 1.96. The van der Waals surface area contributed by atoms with Crippen molar-refractivity contribution in [3.63, 3.8) is 0 Å². The van der Waals surface area contributed by atoms with Crippen LogP contribution in [0.5, 0.6) is 17.4 Å². The van der Waals surface area contributed by atoms with Crippen molar-refractivity contribution in [1.29, 1.82) is 0 Å².